The molecule has 0 aromatic heterocycles. The second kappa shape index (κ2) is 5.83. The van der Waals surface area contributed by atoms with Gasteiger partial charge in [0.1, 0.15) is 17.4 Å². The lowest BCUT2D eigenvalue weighted by molar-refractivity contribution is 0.211. The number of benzene rings is 2. The zero-order chi connectivity index (χ0) is 14.5. The first kappa shape index (κ1) is 13.5. The smallest absolute Gasteiger partial charge is 0.409 e. The predicted octanol–water partition coefficient (Wildman–Crippen LogP) is 2.31. The summed E-state index contributed by atoms with van der Waals surface area (Å²) in [7, 11) is 0. The number of amidine groups is 1. The van der Waals surface area contributed by atoms with Gasteiger partial charge in [-0.2, -0.15) is 4.99 Å². The van der Waals surface area contributed by atoms with Crippen molar-refractivity contribution in [1.29, 1.82) is 0 Å². The van der Waals surface area contributed by atoms with E-state index >= 15 is 0 Å². The largest absolute Gasteiger partial charge is 0.441 e. The van der Waals surface area contributed by atoms with Crippen LogP contribution in [0.15, 0.2) is 53.5 Å². The van der Waals surface area contributed by atoms with E-state index in [1.807, 2.05) is 0 Å². The van der Waals surface area contributed by atoms with Gasteiger partial charge in [0.15, 0.2) is 0 Å². The van der Waals surface area contributed by atoms with Crippen LogP contribution in [-0.2, 0) is 0 Å². The molecule has 0 aliphatic carbocycles. The lowest BCUT2D eigenvalue weighted by atomic mass is 10.2. The van der Waals surface area contributed by atoms with Crippen LogP contribution < -0.4 is 16.2 Å². The number of nitrogens with two attached hydrogens (primary N) is 2. The summed E-state index contributed by atoms with van der Waals surface area (Å²) in [6.07, 6.45) is -0.883. The molecular weight excluding hydrogens is 261 g/mol. The van der Waals surface area contributed by atoms with Gasteiger partial charge in [-0.1, -0.05) is 0 Å². The van der Waals surface area contributed by atoms with Gasteiger partial charge in [-0.15, -0.1) is 0 Å². The Labute approximate surface area is 114 Å². The quantitative estimate of drug-likeness (QED) is 0.499. The molecule has 1 amide bonds. The summed E-state index contributed by atoms with van der Waals surface area (Å²) in [4.78, 5) is 15.1. The molecule has 0 aliphatic rings. The third-order valence-corrected chi connectivity index (χ3v) is 2.44. The normalized spacial score (nSPS) is 11.2. The maximum absolute atomic E-state index is 12.7. The maximum atomic E-state index is 12.7. The van der Waals surface area contributed by atoms with Crippen molar-refractivity contribution in [1.82, 2.24) is 0 Å². The molecule has 2 rings (SSSR count). The summed E-state index contributed by atoms with van der Waals surface area (Å²) in [5.41, 5.74) is 12.3. The molecule has 102 valence electrons. The first-order valence-electron chi connectivity index (χ1n) is 5.72. The van der Waals surface area contributed by atoms with Crippen LogP contribution in [0.4, 0.5) is 14.9 Å². The van der Waals surface area contributed by atoms with Crippen molar-refractivity contribution >= 4 is 17.6 Å². The molecule has 2 aromatic rings. The van der Waals surface area contributed by atoms with E-state index in [2.05, 4.69) is 4.99 Å². The Bertz CT molecular complexity index is 636. The topological polar surface area (TPSA) is 90.7 Å². The van der Waals surface area contributed by atoms with Crippen molar-refractivity contribution < 1.29 is 13.9 Å². The van der Waals surface area contributed by atoms with Crippen molar-refractivity contribution in [3.05, 3.63) is 59.9 Å². The molecule has 0 heterocycles. The van der Waals surface area contributed by atoms with E-state index in [-0.39, 0.29) is 11.6 Å². The van der Waals surface area contributed by atoms with Gasteiger partial charge in [-0.25, -0.2) is 9.18 Å². The summed E-state index contributed by atoms with van der Waals surface area (Å²) in [6, 6.07) is 11.6. The monoisotopic (exact) mass is 273 g/mol. The number of nitrogens with zero attached hydrogens (tertiary/aromatic N) is 1. The lowest BCUT2D eigenvalue weighted by Crippen LogP contribution is -2.17. The van der Waals surface area contributed by atoms with Crippen LogP contribution in [0, 0.1) is 5.82 Å². The van der Waals surface area contributed by atoms with E-state index in [0.29, 0.717) is 11.3 Å². The Balaban J connectivity index is 2.07. The summed E-state index contributed by atoms with van der Waals surface area (Å²) in [5, 5.41) is 0. The molecule has 0 atom stereocenters. The van der Waals surface area contributed by atoms with Gasteiger partial charge in [0.25, 0.3) is 0 Å². The highest BCUT2D eigenvalue weighted by molar-refractivity contribution is 6.03. The molecule has 0 spiro atoms. The summed E-state index contributed by atoms with van der Waals surface area (Å²) in [6.45, 7) is 0. The average molecular weight is 273 g/mol. The molecule has 20 heavy (non-hydrogen) atoms. The molecule has 0 fully saturated rings. The predicted molar refractivity (Wildman–Crippen MR) is 74.0 cm³/mol. The fourth-order valence-corrected chi connectivity index (χ4v) is 1.44. The van der Waals surface area contributed by atoms with Gasteiger partial charge in [-0.3, -0.25) is 0 Å². The number of carbonyl (C=O) groups excluding carboxylic acids is 1. The van der Waals surface area contributed by atoms with Crippen LogP contribution in [0.3, 0.4) is 0 Å². The second-order valence-electron chi connectivity index (χ2n) is 3.94. The number of carbonyl (C=O) groups is 1. The SMILES string of the molecule is NC(=NC(=O)Oc1ccc(F)cc1)c1ccc(N)cc1. The Kier molecular flexibility index (Phi) is 3.95. The number of halogens is 1. The van der Waals surface area contributed by atoms with E-state index < -0.39 is 11.9 Å². The van der Waals surface area contributed by atoms with Crippen LogP contribution in [0.25, 0.3) is 0 Å². The van der Waals surface area contributed by atoms with E-state index in [4.69, 9.17) is 16.2 Å². The Hall–Kier alpha value is -2.89. The fraction of sp³-hybridized carbons (Fsp3) is 0. The fourth-order valence-electron chi connectivity index (χ4n) is 1.44. The van der Waals surface area contributed by atoms with E-state index in [1.54, 1.807) is 24.3 Å². The van der Waals surface area contributed by atoms with E-state index in [0.717, 1.165) is 0 Å². The number of nitrogen functional groups attached to an aromatic ring is 1. The Morgan fingerprint density at radius 1 is 1.05 bits per heavy atom. The molecule has 5 nitrogen and oxygen atoms in total. The van der Waals surface area contributed by atoms with E-state index in [9.17, 15) is 9.18 Å². The minimum atomic E-state index is -0.883. The van der Waals surface area contributed by atoms with Gasteiger partial charge >= 0.3 is 6.09 Å². The van der Waals surface area contributed by atoms with Crippen molar-refractivity contribution in [2.24, 2.45) is 10.7 Å². The molecule has 4 N–H and O–H groups in total. The number of anilines is 1. The Morgan fingerprint density at radius 3 is 2.25 bits per heavy atom. The van der Waals surface area contributed by atoms with Gasteiger partial charge in [0, 0.05) is 11.3 Å². The highest BCUT2D eigenvalue weighted by atomic mass is 19.1. The van der Waals surface area contributed by atoms with Gasteiger partial charge in [-0.05, 0) is 48.5 Å². The maximum Gasteiger partial charge on any atom is 0.441 e. The van der Waals surface area contributed by atoms with Crippen molar-refractivity contribution in [3.8, 4) is 5.75 Å². The summed E-state index contributed by atoms with van der Waals surface area (Å²) in [5.74, 6) is -0.225. The zero-order valence-corrected chi connectivity index (χ0v) is 10.4. The van der Waals surface area contributed by atoms with Gasteiger partial charge < -0.3 is 16.2 Å². The zero-order valence-electron chi connectivity index (χ0n) is 10.4. The van der Waals surface area contributed by atoms with Gasteiger partial charge in [0.2, 0.25) is 0 Å². The van der Waals surface area contributed by atoms with Crippen LogP contribution in [-0.4, -0.2) is 11.9 Å². The van der Waals surface area contributed by atoms with E-state index in [1.165, 1.54) is 24.3 Å². The number of rotatable bonds is 2. The first-order valence-corrected chi connectivity index (χ1v) is 5.72. The third kappa shape index (κ3) is 3.55. The number of aliphatic imine (C=N–C) groups is 1. The number of ether oxygens (including phenoxy) is 1. The minimum Gasteiger partial charge on any atom is -0.409 e. The highest BCUT2D eigenvalue weighted by Gasteiger charge is 2.06. The number of amides is 1. The molecule has 0 bridgehead atoms. The van der Waals surface area contributed by atoms with Crippen LogP contribution in [0.2, 0.25) is 0 Å². The van der Waals surface area contributed by atoms with Crippen molar-refractivity contribution in [3.63, 3.8) is 0 Å². The molecule has 2 aromatic carbocycles. The highest BCUT2D eigenvalue weighted by Crippen LogP contribution is 2.12. The number of hydrogen-bond acceptors (Lipinski definition) is 3. The lowest BCUT2D eigenvalue weighted by Gasteiger charge is -2.03. The summed E-state index contributed by atoms with van der Waals surface area (Å²) >= 11 is 0. The molecule has 0 saturated heterocycles. The van der Waals surface area contributed by atoms with Crippen LogP contribution in [0.5, 0.6) is 5.75 Å². The standard InChI is InChI=1S/C14H12FN3O2/c15-10-3-7-12(8-4-10)20-14(19)18-13(17)9-1-5-11(16)6-2-9/h1-8H,16H2,(H2,17,18,19). The van der Waals surface area contributed by atoms with Crippen molar-refractivity contribution in [2.75, 3.05) is 5.73 Å². The molecular formula is C14H12FN3O2. The molecule has 0 saturated carbocycles. The minimum absolute atomic E-state index is 0.0112. The first-order chi connectivity index (χ1) is 9.54. The molecule has 0 unspecified atom stereocenters. The van der Waals surface area contributed by atoms with Gasteiger partial charge in [0.05, 0.1) is 0 Å². The number of hydrogen-bond donors (Lipinski definition) is 2. The Morgan fingerprint density at radius 2 is 1.65 bits per heavy atom. The van der Waals surface area contributed by atoms with Crippen LogP contribution >= 0.6 is 0 Å². The second-order valence-corrected chi connectivity index (χ2v) is 3.94. The third-order valence-electron chi connectivity index (χ3n) is 2.44. The van der Waals surface area contributed by atoms with Crippen LogP contribution in [0.1, 0.15) is 5.56 Å². The summed E-state index contributed by atoms with van der Waals surface area (Å²) < 4.78 is 17.6. The molecule has 0 aliphatic heterocycles. The molecule has 6 heteroatoms. The average Bonchev–Trinajstić information content (AvgIpc) is 2.42. The molecule has 0 radical (unpaired) electrons. The van der Waals surface area contributed by atoms with Crippen molar-refractivity contribution in [2.45, 2.75) is 0 Å².